The van der Waals surface area contributed by atoms with E-state index in [0.717, 1.165) is 5.56 Å². The highest BCUT2D eigenvalue weighted by atomic mass is 19.1. The summed E-state index contributed by atoms with van der Waals surface area (Å²) < 4.78 is 18.2. The fourth-order valence-electron chi connectivity index (χ4n) is 2.54. The van der Waals surface area contributed by atoms with E-state index < -0.39 is 11.8 Å². The molecule has 0 fully saturated rings. The Bertz CT molecular complexity index is 753. The van der Waals surface area contributed by atoms with Crippen LogP contribution in [-0.2, 0) is 11.2 Å². The predicted octanol–water partition coefficient (Wildman–Crippen LogP) is 2.32. The van der Waals surface area contributed by atoms with E-state index >= 15 is 0 Å². The van der Waals surface area contributed by atoms with Crippen molar-refractivity contribution in [2.45, 2.75) is 33.1 Å². The van der Waals surface area contributed by atoms with Crippen LogP contribution in [0.25, 0.3) is 0 Å². The highest BCUT2D eigenvalue weighted by Gasteiger charge is 2.24. The zero-order chi connectivity index (χ0) is 18.6. The molecule has 0 aliphatic rings. The summed E-state index contributed by atoms with van der Waals surface area (Å²) in [5.41, 5.74) is 7.08. The van der Waals surface area contributed by atoms with Gasteiger partial charge < -0.3 is 15.6 Å². The van der Waals surface area contributed by atoms with E-state index in [9.17, 15) is 14.0 Å². The lowest BCUT2D eigenvalue weighted by Gasteiger charge is -2.15. The second-order valence-corrected chi connectivity index (χ2v) is 6.30. The van der Waals surface area contributed by atoms with Gasteiger partial charge in [0.25, 0.3) is 5.91 Å². The van der Waals surface area contributed by atoms with Gasteiger partial charge in [0.15, 0.2) is 5.76 Å². The molecule has 25 heavy (non-hydrogen) atoms. The van der Waals surface area contributed by atoms with Crippen molar-refractivity contribution in [3.8, 4) is 0 Å². The molecule has 0 aliphatic heterocycles. The average molecular weight is 347 g/mol. The summed E-state index contributed by atoms with van der Waals surface area (Å²) in [4.78, 5) is 24.1. The Kier molecular flexibility index (Phi) is 5.90. The third kappa shape index (κ3) is 4.65. The van der Waals surface area contributed by atoms with Crippen molar-refractivity contribution in [1.82, 2.24) is 10.5 Å². The Balaban J connectivity index is 2.06. The van der Waals surface area contributed by atoms with Gasteiger partial charge in [-0.1, -0.05) is 31.1 Å². The highest BCUT2D eigenvalue weighted by molar-refractivity contribution is 5.96. The van der Waals surface area contributed by atoms with Gasteiger partial charge in [0.2, 0.25) is 5.91 Å². The molecule has 1 aromatic carbocycles. The number of hydrogen-bond acceptors (Lipinski definition) is 4. The monoisotopic (exact) mass is 347 g/mol. The van der Waals surface area contributed by atoms with Crippen molar-refractivity contribution >= 4 is 11.8 Å². The number of nitrogens with zero attached hydrogens (tertiary/aromatic N) is 1. The van der Waals surface area contributed by atoms with E-state index in [-0.39, 0.29) is 24.2 Å². The molecule has 2 rings (SSSR count). The largest absolute Gasteiger partial charge is 0.369 e. The van der Waals surface area contributed by atoms with Gasteiger partial charge in [0.1, 0.15) is 11.4 Å². The van der Waals surface area contributed by atoms with Gasteiger partial charge in [-0.05, 0) is 31.0 Å². The fourth-order valence-corrected chi connectivity index (χ4v) is 2.54. The molecule has 0 bridgehead atoms. The minimum atomic E-state index is -0.600. The Morgan fingerprint density at radius 2 is 1.92 bits per heavy atom. The number of halogens is 1. The topological polar surface area (TPSA) is 98.2 Å². The summed E-state index contributed by atoms with van der Waals surface area (Å²) in [6, 6.07) is 5.82. The van der Waals surface area contributed by atoms with E-state index in [4.69, 9.17) is 10.3 Å². The van der Waals surface area contributed by atoms with E-state index in [1.54, 1.807) is 19.1 Å². The minimum absolute atomic E-state index is 0.00750. The molecule has 2 amide bonds. The van der Waals surface area contributed by atoms with Crippen LogP contribution in [0.15, 0.2) is 28.8 Å². The van der Waals surface area contributed by atoms with Crippen molar-refractivity contribution in [2.24, 2.45) is 11.7 Å². The first kappa shape index (κ1) is 18.6. The van der Waals surface area contributed by atoms with Gasteiger partial charge in [0, 0.05) is 12.5 Å². The molecular weight excluding hydrogens is 325 g/mol. The lowest BCUT2D eigenvalue weighted by Crippen LogP contribution is -2.37. The molecule has 134 valence electrons. The molecule has 1 atom stereocenters. The van der Waals surface area contributed by atoms with E-state index in [1.165, 1.54) is 12.1 Å². The molecule has 1 heterocycles. The maximum Gasteiger partial charge on any atom is 0.256 e. The normalized spacial score (nSPS) is 12.2. The van der Waals surface area contributed by atoms with Crippen LogP contribution in [0.2, 0.25) is 0 Å². The van der Waals surface area contributed by atoms with Crippen LogP contribution < -0.4 is 11.1 Å². The van der Waals surface area contributed by atoms with Crippen molar-refractivity contribution in [3.05, 3.63) is 52.7 Å². The molecule has 6 nitrogen and oxygen atoms in total. The van der Waals surface area contributed by atoms with Gasteiger partial charge in [-0.2, -0.15) is 0 Å². The first-order valence-corrected chi connectivity index (χ1v) is 8.07. The maximum atomic E-state index is 13.0. The van der Waals surface area contributed by atoms with Crippen molar-refractivity contribution in [2.75, 3.05) is 6.54 Å². The van der Waals surface area contributed by atoms with Gasteiger partial charge in [-0.15, -0.1) is 0 Å². The molecule has 3 N–H and O–H groups in total. The van der Waals surface area contributed by atoms with Crippen LogP contribution in [0.3, 0.4) is 0 Å². The average Bonchev–Trinajstić information content (AvgIpc) is 2.94. The number of aromatic nitrogens is 1. The Morgan fingerprint density at radius 3 is 2.48 bits per heavy atom. The summed E-state index contributed by atoms with van der Waals surface area (Å²) in [5.74, 6) is -1.32. The van der Waals surface area contributed by atoms with Gasteiger partial charge in [-0.3, -0.25) is 9.59 Å². The predicted molar refractivity (Wildman–Crippen MR) is 90.5 cm³/mol. The van der Waals surface area contributed by atoms with E-state index in [2.05, 4.69) is 10.5 Å². The summed E-state index contributed by atoms with van der Waals surface area (Å²) in [7, 11) is 0. The van der Waals surface area contributed by atoms with E-state index in [0.29, 0.717) is 23.4 Å². The summed E-state index contributed by atoms with van der Waals surface area (Å²) in [6.07, 6.45) is 0.315. The van der Waals surface area contributed by atoms with Gasteiger partial charge >= 0.3 is 0 Å². The Morgan fingerprint density at radius 1 is 1.28 bits per heavy atom. The quantitative estimate of drug-likeness (QED) is 0.803. The molecule has 1 unspecified atom stereocenters. The third-order valence-corrected chi connectivity index (χ3v) is 3.95. The number of rotatable bonds is 7. The maximum absolute atomic E-state index is 13.0. The van der Waals surface area contributed by atoms with Crippen molar-refractivity contribution in [3.63, 3.8) is 0 Å². The Hall–Kier alpha value is -2.70. The number of benzene rings is 1. The summed E-state index contributed by atoms with van der Waals surface area (Å²) in [6.45, 7) is 5.57. The van der Waals surface area contributed by atoms with Crippen LogP contribution in [-0.4, -0.2) is 23.5 Å². The number of aryl methyl sites for hydroxylation is 1. The number of nitrogens with two attached hydrogens (primary N) is 1. The first-order valence-electron chi connectivity index (χ1n) is 8.07. The summed E-state index contributed by atoms with van der Waals surface area (Å²) >= 11 is 0. The number of carbonyl (C=O) groups is 2. The van der Waals surface area contributed by atoms with Gasteiger partial charge in [-0.25, -0.2) is 4.39 Å². The molecule has 7 heteroatoms. The van der Waals surface area contributed by atoms with Crippen LogP contribution in [0.1, 0.15) is 47.1 Å². The van der Waals surface area contributed by atoms with Gasteiger partial charge in [0.05, 0.1) is 11.6 Å². The van der Waals surface area contributed by atoms with Crippen LogP contribution in [0.4, 0.5) is 4.39 Å². The second kappa shape index (κ2) is 7.92. The zero-order valence-corrected chi connectivity index (χ0v) is 14.5. The van der Waals surface area contributed by atoms with Crippen LogP contribution in [0, 0.1) is 18.7 Å². The number of carbonyl (C=O) groups excluding carboxylic acids is 2. The van der Waals surface area contributed by atoms with E-state index in [1.807, 2.05) is 13.8 Å². The molecular formula is C18H22FN3O3. The lowest BCUT2D eigenvalue weighted by molar-refractivity contribution is -0.121. The first-order chi connectivity index (χ1) is 11.8. The van der Waals surface area contributed by atoms with Crippen LogP contribution >= 0.6 is 0 Å². The number of amides is 2. The number of primary amides is 1. The molecule has 0 aliphatic carbocycles. The second-order valence-electron chi connectivity index (χ2n) is 6.30. The van der Waals surface area contributed by atoms with Crippen molar-refractivity contribution < 1.29 is 18.5 Å². The number of hydrogen-bond donors (Lipinski definition) is 2. The molecule has 0 radical (unpaired) electrons. The molecule has 0 spiro atoms. The molecule has 1 aromatic heterocycles. The number of nitrogens with one attached hydrogen (secondary N) is 1. The Labute approximate surface area is 145 Å². The SMILES string of the molecule is Cc1noc(C(C)C)c1C(=O)NCC(Cc1ccc(F)cc1)C(N)=O. The third-order valence-electron chi connectivity index (χ3n) is 3.95. The van der Waals surface area contributed by atoms with Crippen molar-refractivity contribution in [1.29, 1.82) is 0 Å². The minimum Gasteiger partial charge on any atom is -0.369 e. The molecule has 2 aromatic rings. The summed E-state index contributed by atoms with van der Waals surface area (Å²) in [5, 5.41) is 6.55. The highest BCUT2D eigenvalue weighted by Crippen LogP contribution is 2.22. The zero-order valence-electron chi connectivity index (χ0n) is 14.5. The van der Waals surface area contributed by atoms with Crippen LogP contribution in [0.5, 0.6) is 0 Å². The standard InChI is InChI=1S/C18H22FN3O3/c1-10(2)16-15(11(3)22-25-16)18(24)21-9-13(17(20)23)8-12-4-6-14(19)7-5-12/h4-7,10,13H,8-9H2,1-3H3,(H2,20,23)(H,21,24). The molecule has 0 saturated carbocycles. The molecule has 0 saturated heterocycles. The fraction of sp³-hybridized carbons (Fsp3) is 0.389. The smallest absolute Gasteiger partial charge is 0.256 e. The lowest BCUT2D eigenvalue weighted by atomic mass is 9.98.